The van der Waals surface area contributed by atoms with Crippen LogP contribution in [0.15, 0.2) is 173 Å². The first-order valence-electron chi connectivity index (χ1n) is 18.7. The van der Waals surface area contributed by atoms with E-state index in [9.17, 15) is 0 Å². The molecule has 5 heterocycles. The summed E-state index contributed by atoms with van der Waals surface area (Å²) in [7, 11) is 0. The summed E-state index contributed by atoms with van der Waals surface area (Å²) in [6, 6.07) is 55.1. The van der Waals surface area contributed by atoms with Gasteiger partial charge in [0.1, 0.15) is 22.3 Å². The molecule has 0 aliphatic carbocycles. The van der Waals surface area contributed by atoms with Crippen molar-refractivity contribution in [3.63, 3.8) is 0 Å². The lowest BCUT2D eigenvalue weighted by Gasteiger charge is -2.10. The fraction of sp³-hybridized carbons (Fsp3) is 0. The number of nitrogens with zero attached hydrogens (tertiary/aromatic N) is 5. The smallest absolute Gasteiger partial charge is 0.167 e. The van der Waals surface area contributed by atoms with Gasteiger partial charge in [0, 0.05) is 53.9 Å². The van der Waals surface area contributed by atoms with Crippen molar-refractivity contribution in [2.45, 2.75) is 0 Å². The van der Waals surface area contributed by atoms with E-state index in [2.05, 4.69) is 60.7 Å². The van der Waals surface area contributed by atoms with Crippen LogP contribution in [0.5, 0.6) is 0 Å². The van der Waals surface area contributed by atoms with Gasteiger partial charge in [-0.15, -0.1) is 11.3 Å². The molecule has 0 saturated carbocycles. The maximum atomic E-state index is 6.62. The molecule has 57 heavy (non-hydrogen) atoms. The SMILES string of the molecule is c1ccc(-c2nc(-c3cccc4c3oc3ccccc34)nc(-c3cccc4oc5cccc(-c6nc(-c7ccccc7)c7sc8ccccc8c7n6)c5c34)n2)cc1. The minimum atomic E-state index is 0.513. The van der Waals surface area contributed by atoms with Crippen LogP contribution in [0, 0.1) is 0 Å². The molecule has 0 atom stereocenters. The van der Waals surface area contributed by atoms with Gasteiger partial charge in [-0.3, -0.25) is 0 Å². The number of benzene rings is 7. The maximum Gasteiger partial charge on any atom is 0.167 e. The first-order chi connectivity index (χ1) is 28.2. The summed E-state index contributed by atoms with van der Waals surface area (Å²) in [4.78, 5) is 26.1. The fourth-order valence-corrected chi connectivity index (χ4v) is 9.15. The third kappa shape index (κ3) is 5.01. The van der Waals surface area contributed by atoms with Crippen LogP contribution in [0.25, 0.3) is 121 Å². The van der Waals surface area contributed by atoms with E-state index in [1.54, 1.807) is 11.3 Å². The molecule has 0 spiro atoms. The maximum absolute atomic E-state index is 6.62. The number of para-hydroxylation sites is 2. The van der Waals surface area contributed by atoms with Gasteiger partial charge in [0.2, 0.25) is 0 Å². The van der Waals surface area contributed by atoms with Crippen molar-refractivity contribution in [2.24, 2.45) is 0 Å². The second kappa shape index (κ2) is 12.5. The predicted octanol–water partition coefficient (Wildman–Crippen LogP) is 13.2. The summed E-state index contributed by atoms with van der Waals surface area (Å²) >= 11 is 1.72. The number of thiophene rings is 1. The van der Waals surface area contributed by atoms with Crippen molar-refractivity contribution in [1.82, 2.24) is 24.9 Å². The molecular formula is C49H27N5O2S. The Kier molecular flexibility index (Phi) is 6.96. The van der Waals surface area contributed by atoms with Crippen molar-refractivity contribution < 1.29 is 8.83 Å². The van der Waals surface area contributed by atoms with Gasteiger partial charge >= 0.3 is 0 Å². The minimum absolute atomic E-state index is 0.513. The molecule has 12 rings (SSSR count). The number of aromatic nitrogens is 5. The Morgan fingerprint density at radius 3 is 1.67 bits per heavy atom. The molecule has 7 aromatic carbocycles. The normalized spacial score (nSPS) is 11.9. The Labute approximate surface area is 328 Å². The van der Waals surface area contributed by atoms with Crippen molar-refractivity contribution in [1.29, 1.82) is 0 Å². The number of fused-ring (bicyclic) bond motifs is 9. The fourth-order valence-electron chi connectivity index (χ4n) is 8.00. The van der Waals surface area contributed by atoms with E-state index in [1.165, 1.54) is 4.70 Å². The van der Waals surface area contributed by atoms with E-state index in [4.69, 9.17) is 33.8 Å². The highest BCUT2D eigenvalue weighted by Gasteiger charge is 2.24. The van der Waals surface area contributed by atoms with Crippen LogP contribution >= 0.6 is 11.3 Å². The molecular weight excluding hydrogens is 723 g/mol. The van der Waals surface area contributed by atoms with Crippen LogP contribution in [-0.4, -0.2) is 24.9 Å². The summed E-state index contributed by atoms with van der Waals surface area (Å²) < 4.78 is 15.3. The van der Waals surface area contributed by atoms with E-state index in [0.717, 1.165) is 87.4 Å². The molecule has 12 aromatic rings. The van der Waals surface area contributed by atoms with Gasteiger partial charge in [-0.2, -0.15) is 0 Å². The van der Waals surface area contributed by atoms with E-state index < -0.39 is 0 Å². The van der Waals surface area contributed by atoms with Crippen LogP contribution in [0.1, 0.15) is 0 Å². The number of furan rings is 2. The zero-order valence-corrected chi connectivity index (χ0v) is 30.9. The van der Waals surface area contributed by atoms with Crippen LogP contribution in [0.4, 0.5) is 0 Å². The highest BCUT2D eigenvalue weighted by molar-refractivity contribution is 7.26. The molecule has 0 saturated heterocycles. The van der Waals surface area contributed by atoms with E-state index in [1.807, 2.05) is 103 Å². The topological polar surface area (TPSA) is 90.7 Å². The van der Waals surface area contributed by atoms with Gasteiger partial charge in [-0.1, -0.05) is 133 Å². The second-order valence-electron chi connectivity index (χ2n) is 14.0. The lowest BCUT2D eigenvalue weighted by Crippen LogP contribution is -2.00. The third-order valence-electron chi connectivity index (χ3n) is 10.6. The van der Waals surface area contributed by atoms with Crippen molar-refractivity contribution in [3.05, 3.63) is 164 Å². The summed E-state index contributed by atoms with van der Waals surface area (Å²) in [6.07, 6.45) is 0. The molecule has 0 aliphatic rings. The first-order valence-corrected chi connectivity index (χ1v) is 19.5. The molecule has 8 heteroatoms. The molecule has 5 aromatic heterocycles. The third-order valence-corrected chi connectivity index (χ3v) is 11.8. The quantitative estimate of drug-likeness (QED) is 0.173. The van der Waals surface area contributed by atoms with E-state index in [-0.39, 0.29) is 0 Å². The summed E-state index contributed by atoms with van der Waals surface area (Å²) in [6.45, 7) is 0. The van der Waals surface area contributed by atoms with Crippen molar-refractivity contribution in [3.8, 4) is 56.8 Å². The number of hydrogen-bond acceptors (Lipinski definition) is 8. The highest BCUT2D eigenvalue weighted by Crippen LogP contribution is 2.44. The zero-order chi connectivity index (χ0) is 37.5. The molecule has 0 N–H and O–H groups in total. The predicted molar refractivity (Wildman–Crippen MR) is 230 cm³/mol. The Hall–Kier alpha value is -7.55. The average Bonchev–Trinajstić information content (AvgIpc) is 3.98. The number of rotatable bonds is 5. The van der Waals surface area contributed by atoms with Crippen molar-refractivity contribution in [2.75, 3.05) is 0 Å². The number of hydrogen-bond donors (Lipinski definition) is 0. The van der Waals surface area contributed by atoms with Crippen LogP contribution in [-0.2, 0) is 0 Å². The molecule has 7 nitrogen and oxygen atoms in total. The van der Waals surface area contributed by atoms with Gasteiger partial charge in [0.15, 0.2) is 23.3 Å². The molecule has 0 radical (unpaired) electrons. The summed E-state index contributed by atoms with van der Waals surface area (Å²) in [5.74, 6) is 2.20. The minimum Gasteiger partial charge on any atom is -0.456 e. The van der Waals surface area contributed by atoms with Crippen LogP contribution in [0.3, 0.4) is 0 Å². The Morgan fingerprint density at radius 1 is 0.368 bits per heavy atom. The summed E-state index contributed by atoms with van der Waals surface area (Å²) in [5, 5.41) is 4.92. The molecule has 0 fully saturated rings. The Morgan fingerprint density at radius 2 is 0.912 bits per heavy atom. The van der Waals surface area contributed by atoms with Gasteiger partial charge in [-0.05, 0) is 30.3 Å². The van der Waals surface area contributed by atoms with Gasteiger partial charge < -0.3 is 8.83 Å². The second-order valence-corrected chi connectivity index (χ2v) is 15.0. The molecule has 0 unspecified atom stereocenters. The van der Waals surface area contributed by atoms with Gasteiger partial charge in [0.05, 0.1) is 21.5 Å². The zero-order valence-electron chi connectivity index (χ0n) is 30.0. The largest absolute Gasteiger partial charge is 0.456 e. The average molecular weight is 750 g/mol. The Bertz CT molecular complexity index is 3540. The molecule has 266 valence electrons. The van der Waals surface area contributed by atoms with Crippen LogP contribution < -0.4 is 0 Å². The Balaban J connectivity index is 1.13. The highest BCUT2D eigenvalue weighted by atomic mass is 32.1. The van der Waals surface area contributed by atoms with E-state index in [0.29, 0.717) is 28.9 Å². The molecule has 0 amide bonds. The van der Waals surface area contributed by atoms with Gasteiger partial charge in [-0.25, -0.2) is 24.9 Å². The van der Waals surface area contributed by atoms with Gasteiger partial charge in [0.25, 0.3) is 0 Å². The molecule has 0 aliphatic heterocycles. The lowest BCUT2D eigenvalue weighted by molar-refractivity contribution is 0.668. The van der Waals surface area contributed by atoms with Crippen molar-refractivity contribution >= 4 is 75.5 Å². The van der Waals surface area contributed by atoms with E-state index >= 15 is 0 Å². The standard InChI is InChI=1S/C49H27N5O2S/c1-3-14-28(15-4-1)42-45-43(32-19-8-10-27-39(32)57-45)51-47(50-42)33-21-12-25-37-40(33)41-34(22-13-26-38(41)55-37)48-52-46(29-16-5-2-6-17-29)53-49(54-48)35-23-11-20-31-30-18-7-9-24-36(30)56-44(31)35/h1-27H. The molecule has 0 bridgehead atoms. The summed E-state index contributed by atoms with van der Waals surface area (Å²) in [5.41, 5.74) is 9.16. The first kappa shape index (κ1) is 31.8. The van der Waals surface area contributed by atoms with Crippen LogP contribution in [0.2, 0.25) is 0 Å². The monoisotopic (exact) mass is 749 g/mol. The lowest BCUT2D eigenvalue weighted by atomic mass is 10.0.